The van der Waals surface area contributed by atoms with Gasteiger partial charge in [-0.3, -0.25) is 0 Å². The molecule has 17 heavy (non-hydrogen) atoms. The normalized spacial score (nSPS) is 31.5. The third-order valence-corrected chi connectivity index (χ3v) is 5.57. The van der Waals surface area contributed by atoms with Gasteiger partial charge in [-0.05, 0) is 38.6 Å². The minimum atomic E-state index is -2.79. The van der Waals surface area contributed by atoms with Crippen LogP contribution in [0.15, 0.2) is 0 Å². The van der Waals surface area contributed by atoms with Gasteiger partial charge in [-0.25, -0.2) is 8.42 Å². The van der Waals surface area contributed by atoms with E-state index in [0.717, 1.165) is 32.4 Å². The Labute approximate surface area is 104 Å². The maximum Gasteiger partial charge on any atom is 0.150 e. The molecule has 1 spiro atoms. The lowest BCUT2D eigenvalue weighted by Crippen LogP contribution is -2.51. The van der Waals surface area contributed by atoms with Gasteiger partial charge in [0.1, 0.15) is 0 Å². The summed E-state index contributed by atoms with van der Waals surface area (Å²) >= 11 is 0. The first-order valence-corrected chi connectivity index (χ1v) is 8.45. The topological polar surface area (TPSA) is 55.4 Å². The second kappa shape index (κ2) is 5.24. The minimum absolute atomic E-state index is 0.158. The zero-order valence-electron chi connectivity index (χ0n) is 10.6. The van der Waals surface area contributed by atoms with E-state index >= 15 is 0 Å². The van der Waals surface area contributed by atoms with Gasteiger partial charge in [0.15, 0.2) is 9.84 Å². The molecule has 1 unspecified atom stereocenters. The summed E-state index contributed by atoms with van der Waals surface area (Å²) in [6.07, 6.45) is 4.52. The van der Waals surface area contributed by atoms with E-state index in [0.29, 0.717) is 30.4 Å². The predicted octanol–water partition coefficient (Wildman–Crippen LogP) is 1.11. The molecule has 0 amide bonds. The van der Waals surface area contributed by atoms with E-state index in [1.54, 1.807) is 0 Å². The summed E-state index contributed by atoms with van der Waals surface area (Å²) in [5.41, 5.74) is -0.158. The second-order valence-electron chi connectivity index (χ2n) is 5.33. The van der Waals surface area contributed by atoms with Gasteiger partial charge in [0.05, 0.1) is 17.1 Å². The van der Waals surface area contributed by atoms with Gasteiger partial charge in [0.25, 0.3) is 0 Å². The van der Waals surface area contributed by atoms with Crippen molar-refractivity contribution in [3.8, 4) is 0 Å². The fourth-order valence-electron chi connectivity index (χ4n) is 2.81. The number of sulfone groups is 1. The molecule has 0 bridgehead atoms. The monoisotopic (exact) mass is 261 g/mol. The molecule has 1 atom stereocenters. The molecule has 1 N–H and O–H groups in total. The molecule has 5 heteroatoms. The Bertz CT molecular complexity index is 339. The summed E-state index contributed by atoms with van der Waals surface area (Å²) in [6, 6.07) is 0.504. The third kappa shape index (κ3) is 3.42. The molecule has 2 aliphatic heterocycles. The van der Waals surface area contributed by atoms with Crippen LogP contribution in [0.4, 0.5) is 0 Å². The van der Waals surface area contributed by atoms with E-state index in [1.807, 2.05) is 0 Å². The van der Waals surface area contributed by atoms with Crippen molar-refractivity contribution in [2.45, 2.75) is 50.7 Å². The van der Waals surface area contributed by atoms with Crippen LogP contribution in [-0.2, 0) is 14.6 Å². The van der Waals surface area contributed by atoms with Gasteiger partial charge in [-0.1, -0.05) is 6.92 Å². The molecular weight excluding hydrogens is 238 g/mol. The molecule has 2 rings (SSSR count). The molecule has 2 aliphatic rings. The molecule has 0 saturated carbocycles. The van der Waals surface area contributed by atoms with Crippen molar-refractivity contribution >= 4 is 9.84 Å². The highest BCUT2D eigenvalue weighted by Gasteiger charge is 2.41. The summed E-state index contributed by atoms with van der Waals surface area (Å²) in [7, 11) is -2.79. The van der Waals surface area contributed by atoms with Crippen LogP contribution in [0.25, 0.3) is 0 Å². The van der Waals surface area contributed by atoms with Crippen molar-refractivity contribution < 1.29 is 13.2 Å². The Balaban J connectivity index is 1.92. The summed E-state index contributed by atoms with van der Waals surface area (Å²) in [5.74, 6) is 0.598. The van der Waals surface area contributed by atoms with Crippen molar-refractivity contribution in [1.29, 1.82) is 0 Å². The maximum absolute atomic E-state index is 11.5. The lowest BCUT2D eigenvalue weighted by molar-refractivity contribution is -0.0938. The van der Waals surface area contributed by atoms with Gasteiger partial charge in [-0.15, -0.1) is 0 Å². The Kier molecular flexibility index (Phi) is 4.10. The number of hydrogen-bond donors (Lipinski definition) is 1. The molecule has 0 aliphatic carbocycles. The zero-order chi connectivity index (χ0) is 12.4. The predicted molar refractivity (Wildman–Crippen MR) is 67.9 cm³/mol. The van der Waals surface area contributed by atoms with Gasteiger partial charge in [-0.2, -0.15) is 0 Å². The Morgan fingerprint density at radius 2 is 2.06 bits per heavy atom. The fourth-order valence-corrected chi connectivity index (χ4v) is 4.38. The molecular formula is C12H23NO3S. The SMILES string of the molecule is CCCNC1CCOC2(CCS(=O)(=O)CC2)C1. The molecule has 2 saturated heterocycles. The molecule has 0 aromatic heterocycles. The van der Waals surface area contributed by atoms with Crippen LogP contribution in [0.1, 0.15) is 39.0 Å². The van der Waals surface area contributed by atoms with Gasteiger partial charge in [0.2, 0.25) is 0 Å². The van der Waals surface area contributed by atoms with E-state index in [9.17, 15) is 8.42 Å². The van der Waals surface area contributed by atoms with E-state index in [2.05, 4.69) is 12.2 Å². The summed E-state index contributed by atoms with van der Waals surface area (Å²) in [4.78, 5) is 0. The molecule has 0 radical (unpaired) electrons. The molecule has 2 heterocycles. The summed E-state index contributed by atoms with van der Waals surface area (Å²) < 4.78 is 28.8. The van der Waals surface area contributed by atoms with Crippen LogP contribution in [0.3, 0.4) is 0 Å². The quantitative estimate of drug-likeness (QED) is 0.827. The average Bonchev–Trinajstić information content (AvgIpc) is 2.32. The van der Waals surface area contributed by atoms with Crippen molar-refractivity contribution in [1.82, 2.24) is 5.32 Å². The van der Waals surface area contributed by atoms with Crippen LogP contribution in [0, 0.1) is 0 Å². The highest BCUT2D eigenvalue weighted by Crippen LogP contribution is 2.35. The van der Waals surface area contributed by atoms with Crippen molar-refractivity contribution in [2.75, 3.05) is 24.7 Å². The van der Waals surface area contributed by atoms with E-state index < -0.39 is 9.84 Å². The number of hydrogen-bond acceptors (Lipinski definition) is 4. The number of rotatable bonds is 3. The first kappa shape index (κ1) is 13.3. The Hall–Kier alpha value is -0.130. The fraction of sp³-hybridized carbons (Fsp3) is 1.00. The lowest BCUT2D eigenvalue weighted by atomic mass is 9.85. The molecule has 2 fully saturated rings. The van der Waals surface area contributed by atoms with Gasteiger partial charge in [0, 0.05) is 12.6 Å². The lowest BCUT2D eigenvalue weighted by Gasteiger charge is -2.43. The van der Waals surface area contributed by atoms with E-state index in [-0.39, 0.29) is 5.60 Å². The maximum atomic E-state index is 11.5. The highest BCUT2D eigenvalue weighted by atomic mass is 32.2. The average molecular weight is 261 g/mol. The number of ether oxygens (including phenoxy) is 1. The first-order valence-electron chi connectivity index (χ1n) is 6.63. The minimum Gasteiger partial charge on any atom is -0.375 e. The first-order chi connectivity index (χ1) is 8.05. The Morgan fingerprint density at radius 3 is 2.71 bits per heavy atom. The van der Waals surface area contributed by atoms with Crippen LogP contribution in [0.5, 0.6) is 0 Å². The van der Waals surface area contributed by atoms with Crippen LogP contribution in [0.2, 0.25) is 0 Å². The Morgan fingerprint density at radius 1 is 1.35 bits per heavy atom. The summed E-state index contributed by atoms with van der Waals surface area (Å²) in [6.45, 7) is 3.97. The smallest absolute Gasteiger partial charge is 0.150 e. The second-order valence-corrected chi connectivity index (χ2v) is 7.63. The van der Waals surface area contributed by atoms with Crippen LogP contribution < -0.4 is 5.32 Å². The molecule has 0 aromatic carbocycles. The van der Waals surface area contributed by atoms with Gasteiger partial charge >= 0.3 is 0 Å². The van der Waals surface area contributed by atoms with Crippen molar-refractivity contribution in [3.63, 3.8) is 0 Å². The van der Waals surface area contributed by atoms with E-state index in [1.165, 1.54) is 0 Å². The summed E-state index contributed by atoms with van der Waals surface area (Å²) in [5, 5.41) is 3.53. The number of nitrogens with one attached hydrogen (secondary N) is 1. The largest absolute Gasteiger partial charge is 0.375 e. The van der Waals surface area contributed by atoms with Crippen LogP contribution >= 0.6 is 0 Å². The standard InChI is InChI=1S/C12H23NO3S/c1-2-6-13-11-3-7-16-12(10-11)4-8-17(14,15)9-5-12/h11,13H,2-10H2,1H3. The van der Waals surface area contributed by atoms with Crippen molar-refractivity contribution in [3.05, 3.63) is 0 Å². The highest BCUT2D eigenvalue weighted by molar-refractivity contribution is 7.91. The van der Waals surface area contributed by atoms with Crippen molar-refractivity contribution in [2.24, 2.45) is 0 Å². The third-order valence-electron chi connectivity index (χ3n) is 3.91. The van der Waals surface area contributed by atoms with E-state index in [4.69, 9.17) is 4.74 Å². The van der Waals surface area contributed by atoms with Crippen LogP contribution in [-0.4, -0.2) is 44.7 Å². The molecule has 4 nitrogen and oxygen atoms in total. The molecule has 100 valence electrons. The van der Waals surface area contributed by atoms with Gasteiger partial charge < -0.3 is 10.1 Å². The molecule has 0 aromatic rings. The zero-order valence-corrected chi connectivity index (χ0v) is 11.4.